The third-order valence-electron chi connectivity index (χ3n) is 3.61. The Kier molecular flexibility index (Phi) is 2.84. The Balaban J connectivity index is 1.98. The SMILES string of the molecule is C#Cc1ccc2c(c1)C(=O)N(C1CCC(=O)NC1=O)C2=O. The number of hydrogen-bond donors (Lipinski definition) is 1. The van der Waals surface area contributed by atoms with Crippen LogP contribution in [-0.2, 0) is 9.59 Å². The van der Waals surface area contributed by atoms with Crippen LogP contribution in [0, 0.1) is 12.3 Å². The Morgan fingerprint density at radius 3 is 2.52 bits per heavy atom. The van der Waals surface area contributed by atoms with Crippen molar-refractivity contribution in [2.75, 3.05) is 0 Å². The van der Waals surface area contributed by atoms with Crippen LogP contribution in [0.1, 0.15) is 39.1 Å². The van der Waals surface area contributed by atoms with Crippen LogP contribution in [0.15, 0.2) is 18.2 Å². The van der Waals surface area contributed by atoms with Gasteiger partial charge in [0, 0.05) is 12.0 Å². The van der Waals surface area contributed by atoms with Gasteiger partial charge in [-0.2, -0.15) is 0 Å². The number of fused-ring (bicyclic) bond motifs is 1. The van der Waals surface area contributed by atoms with E-state index in [1.54, 1.807) is 6.07 Å². The van der Waals surface area contributed by atoms with Crippen LogP contribution in [0.5, 0.6) is 0 Å². The summed E-state index contributed by atoms with van der Waals surface area (Å²) >= 11 is 0. The molecule has 1 aromatic carbocycles. The molecule has 3 rings (SSSR count). The molecule has 4 amide bonds. The number of nitrogens with zero attached hydrogens (tertiary/aromatic N) is 1. The van der Waals surface area contributed by atoms with E-state index in [0.717, 1.165) is 4.90 Å². The topological polar surface area (TPSA) is 83.6 Å². The second-order valence-corrected chi connectivity index (χ2v) is 4.85. The lowest BCUT2D eigenvalue weighted by Crippen LogP contribution is -2.54. The first kappa shape index (κ1) is 13.1. The Morgan fingerprint density at radius 2 is 1.86 bits per heavy atom. The summed E-state index contributed by atoms with van der Waals surface area (Å²) < 4.78 is 0. The average Bonchev–Trinajstić information content (AvgIpc) is 2.71. The van der Waals surface area contributed by atoms with Gasteiger partial charge in [-0.05, 0) is 24.6 Å². The predicted octanol–water partition coefficient (Wildman–Crippen LogP) is 0.0691. The van der Waals surface area contributed by atoms with E-state index < -0.39 is 29.7 Å². The third kappa shape index (κ3) is 1.91. The second kappa shape index (κ2) is 4.56. The normalized spacial score (nSPS) is 21.1. The highest BCUT2D eigenvalue weighted by Crippen LogP contribution is 2.28. The zero-order valence-corrected chi connectivity index (χ0v) is 10.9. The molecule has 0 aromatic heterocycles. The minimum absolute atomic E-state index is 0.0966. The first-order valence-electron chi connectivity index (χ1n) is 6.35. The van der Waals surface area contributed by atoms with Gasteiger partial charge in [0.1, 0.15) is 6.04 Å². The average molecular weight is 282 g/mol. The van der Waals surface area contributed by atoms with E-state index in [4.69, 9.17) is 6.42 Å². The fraction of sp³-hybridized carbons (Fsp3) is 0.200. The van der Waals surface area contributed by atoms with Crippen LogP contribution < -0.4 is 5.32 Å². The lowest BCUT2D eigenvalue weighted by Gasteiger charge is -2.27. The summed E-state index contributed by atoms with van der Waals surface area (Å²) in [5.74, 6) is 0.279. The van der Waals surface area contributed by atoms with Crippen molar-refractivity contribution in [2.45, 2.75) is 18.9 Å². The van der Waals surface area contributed by atoms with Crippen LogP contribution in [0.25, 0.3) is 0 Å². The van der Waals surface area contributed by atoms with Crippen LogP contribution in [0.4, 0.5) is 0 Å². The number of carbonyl (C=O) groups is 4. The van der Waals surface area contributed by atoms with Gasteiger partial charge >= 0.3 is 0 Å². The maximum atomic E-state index is 12.4. The van der Waals surface area contributed by atoms with Gasteiger partial charge in [0.15, 0.2) is 0 Å². The van der Waals surface area contributed by atoms with Crippen LogP contribution in [0.2, 0.25) is 0 Å². The van der Waals surface area contributed by atoms with Gasteiger partial charge in [0.2, 0.25) is 11.8 Å². The second-order valence-electron chi connectivity index (χ2n) is 4.85. The molecule has 104 valence electrons. The predicted molar refractivity (Wildman–Crippen MR) is 71.0 cm³/mol. The Morgan fingerprint density at radius 1 is 1.14 bits per heavy atom. The molecule has 1 saturated heterocycles. The highest BCUT2D eigenvalue weighted by atomic mass is 16.2. The number of benzene rings is 1. The van der Waals surface area contributed by atoms with Crippen molar-refractivity contribution in [3.05, 3.63) is 34.9 Å². The van der Waals surface area contributed by atoms with E-state index in [2.05, 4.69) is 11.2 Å². The monoisotopic (exact) mass is 282 g/mol. The largest absolute Gasteiger partial charge is 0.295 e. The molecule has 2 aliphatic heterocycles. The number of terminal acetylenes is 1. The van der Waals surface area contributed by atoms with Crippen LogP contribution in [0.3, 0.4) is 0 Å². The number of piperidine rings is 1. The lowest BCUT2D eigenvalue weighted by atomic mass is 10.0. The first-order chi connectivity index (χ1) is 10.0. The summed E-state index contributed by atoms with van der Waals surface area (Å²) in [6.45, 7) is 0. The zero-order chi connectivity index (χ0) is 15.1. The number of hydrogen-bond acceptors (Lipinski definition) is 4. The summed E-state index contributed by atoms with van der Waals surface area (Å²) in [4.78, 5) is 48.6. The summed E-state index contributed by atoms with van der Waals surface area (Å²) in [6.07, 6.45) is 5.51. The van der Waals surface area contributed by atoms with Gasteiger partial charge in [-0.3, -0.25) is 29.4 Å². The van der Waals surface area contributed by atoms with E-state index in [1.807, 2.05) is 0 Å². The fourth-order valence-corrected chi connectivity index (χ4v) is 2.56. The molecule has 0 bridgehead atoms. The molecule has 1 atom stereocenters. The number of carbonyl (C=O) groups excluding carboxylic acids is 4. The van der Waals surface area contributed by atoms with Gasteiger partial charge in [-0.25, -0.2) is 0 Å². The van der Waals surface area contributed by atoms with Crippen molar-refractivity contribution in [3.63, 3.8) is 0 Å². The minimum Gasteiger partial charge on any atom is -0.295 e. The molecular formula is C15H10N2O4. The minimum atomic E-state index is -0.954. The molecule has 0 radical (unpaired) electrons. The highest BCUT2D eigenvalue weighted by Gasteiger charge is 2.44. The third-order valence-corrected chi connectivity index (χ3v) is 3.61. The molecule has 1 fully saturated rings. The summed E-state index contributed by atoms with van der Waals surface area (Å²) in [6, 6.07) is 3.56. The fourth-order valence-electron chi connectivity index (χ4n) is 2.56. The Hall–Kier alpha value is -2.94. The molecule has 21 heavy (non-hydrogen) atoms. The van der Waals surface area contributed by atoms with Gasteiger partial charge in [0.05, 0.1) is 11.1 Å². The Bertz CT molecular complexity index is 745. The molecule has 6 heteroatoms. The van der Waals surface area contributed by atoms with Crippen molar-refractivity contribution < 1.29 is 19.2 Å². The molecule has 1 aromatic rings. The molecule has 2 heterocycles. The highest BCUT2D eigenvalue weighted by molar-refractivity contribution is 6.23. The van der Waals surface area contributed by atoms with E-state index in [1.165, 1.54) is 12.1 Å². The van der Waals surface area contributed by atoms with Crippen molar-refractivity contribution in [2.24, 2.45) is 0 Å². The summed E-state index contributed by atoms with van der Waals surface area (Å²) in [7, 11) is 0. The van der Waals surface area contributed by atoms with Crippen LogP contribution >= 0.6 is 0 Å². The summed E-state index contributed by atoms with van der Waals surface area (Å²) in [5.41, 5.74) is 0.906. The molecular weight excluding hydrogens is 272 g/mol. The maximum Gasteiger partial charge on any atom is 0.262 e. The molecule has 6 nitrogen and oxygen atoms in total. The van der Waals surface area contributed by atoms with Crippen molar-refractivity contribution >= 4 is 23.6 Å². The van der Waals surface area contributed by atoms with Gasteiger partial charge in [-0.1, -0.05) is 5.92 Å². The van der Waals surface area contributed by atoms with Gasteiger partial charge < -0.3 is 0 Å². The molecule has 0 aliphatic carbocycles. The molecule has 0 spiro atoms. The van der Waals surface area contributed by atoms with Gasteiger partial charge in [-0.15, -0.1) is 6.42 Å². The maximum absolute atomic E-state index is 12.4. The summed E-state index contributed by atoms with van der Waals surface area (Å²) in [5, 5.41) is 2.14. The Labute approximate surface area is 120 Å². The number of amides is 4. The lowest BCUT2D eigenvalue weighted by molar-refractivity contribution is -0.136. The molecule has 0 saturated carbocycles. The molecule has 1 N–H and O–H groups in total. The zero-order valence-electron chi connectivity index (χ0n) is 10.9. The van der Waals surface area contributed by atoms with Crippen molar-refractivity contribution in [1.82, 2.24) is 10.2 Å². The van der Waals surface area contributed by atoms with Crippen molar-refractivity contribution in [3.8, 4) is 12.3 Å². The van der Waals surface area contributed by atoms with E-state index in [0.29, 0.717) is 5.56 Å². The quantitative estimate of drug-likeness (QED) is 0.583. The standard InChI is InChI=1S/C15H10N2O4/c1-2-8-3-4-9-10(7-8)15(21)17(14(9)20)11-5-6-12(18)16-13(11)19/h1,3-4,7,11H,5-6H2,(H,16,18,19). The van der Waals surface area contributed by atoms with E-state index >= 15 is 0 Å². The molecule has 2 aliphatic rings. The number of imide groups is 2. The smallest absolute Gasteiger partial charge is 0.262 e. The van der Waals surface area contributed by atoms with E-state index in [9.17, 15) is 19.2 Å². The molecule has 1 unspecified atom stereocenters. The first-order valence-corrected chi connectivity index (χ1v) is 6.35. The van der Waals surface area contributed by atoms with Gasteiger partial charge in [0.25, 0.3) is 11.8 Å². The van der Waals surface area contributed by atoms with Crippen molar-refractivity contribution in [1.29, 1.82) is 0 Å². The number of rotatable bonds is 1. The van der Waals surface area contributed by atoms with E-state index in [-0.39, 0.29) is 24.0 Å². The number of nitrogens with one attached hydrogen (secondary N) is 1. The van der Waals surface area contributed by atoms with Crippen LogP contribution in [-0.4, -0.2) is 34.6 Å².